The SMILES string of the molecule is CCCCCC[C@H](O)c1csc(C)n1. The number of rotatable bonds is 6. The maximum absolute atomic E-state index is 9.78. The van der Waals surface area contributed by atoms with Crippen LogP contribution in [0.25, 0.3) is 0 Å². The van der Waals surface area contributed by atoms with Crippen LogP contribution in [0.5, 0.6) is 0 Å². The molecular weight excluding hydrogens is 194 g/mol. The molecule has 0 radical (unpaired) electrons. The topological polar surface area (TPSA) is 33.1 Å². The number of aliphatic hydroxyl groups excluding tert-OH is 1. The van der Waals surface area contributed by atoms with Crippen LogP contribution in [0.2, 0.25) is 0 Å². The molecule has 0 saturated carbocycles. The first-order valence-electron chi connectivity index (χ1n) is 5.34. The van der Waals surface area contributed by atoms with Crippen molar-refractivity contribution in [3.63, 3.8) is 0 Å². The van der Waals surface area contributed by atoms with Crippen LogP contribution in [0, 0.1) is 6.92 Å². The largest absolute Gasteiger partial charge is 0.387 e. The third-order valence-electron chi connectivity index (χ3n) is 2.31. The molecule has 1 rings (SSSR count). The van der Waals surface area contributed by atoms with Gasteiger partial charge in [-0.3, -0.25) is 0 Å². The summed E-state index contributed by atoms with van der Waals surface area (Å²) < 4.78 is 0. The molecule has 1 N–H and O–H groups in total. The lowest BCUT2D eigenvalue weighted by atomic mass is 10.1. The van der Waals surface area contributed by atoms with E-state index >= 15 is 0 Å². The molecule has 0 unspecified atom stereocenters. The van der Waals surface area contributed by atoms with Crippen LogP contribution < -0.4 is 0 Å². The first kappa shape index (κ1) is 11.7. The number of thiazole rings is 1. The van der Waals surface area contributed by atoms with Crippen LogP contribution in [0.4, 0.5) is 0 Å². The van der Waals surface area contributed by atoms with Crippen LogP contribution in [-0.4, -0.2) is 10.1 Å². The zero-order valence-corrected chi connectivity index (χ0v) is 9.81. The lowest BCUT2D eigenvalue weighted by molar-refractivity contribution is 0.159. The van der Waals surface area contributed by atoms with Gasteiger partial charge in [0.15, 0.2) is 0 Å². The summed E-state index contributed by atoms with van der Waals surface area (Å²) in [5.41, 5.74) is 0.851. The van der Waals surface area contributed by atoms with Crippen LogP contribution >= 0.6 is 11.3 Å². The molecule has 0 aromatic carbocycles. The Kier molecular flexibility index (Phi) is 5.12. The fraction of sp³-hybridized carbons (Fsp3) is 0.727. The van der Waals surface area contributed by atoms with E-state index in [1.165, 1.54) is 19.3 Å². The Morgan fingerprint density at radius 1 is 1.43 bits per heavy atom. The third-order valence-corrected chi connectivity index (χ3v) is 3.10. The number of aliphatic hydroxyl groups is 1. The Morgan fingerprint density at radius 2 is 2.21 bits per heavy atom. The van der Waals surface area contributed by atoms with Crippen molar-refractivity contribution in [1.82, 2.24) is 4.98 Å². The zero-order chi connectivity index (χ0) is 10.4. The second kappa shape index (κ2) is 6.14. The molecule has 0 amide bonds. The zero-order valence-electron chi connectivity index (χ0n) is 8.99. The van der Waals surface area contributed by atoms with E-state index in [-0.39, 0.29) is 6.10 Å². The lowest BCUT2D eigenvalue weighted by Crippen LogP contribution is -1.97. The molecule has 0 aliphatic carbocycles. The molecule has 1 aromatic heterocycles. The molecular formula is C11H19NOS. The monoisotopic (exact) mass is 213 g/mol. The summed E-state index contributed by atoms with van der Waals surface area (Å²) in [4.78, 5) is 4.28. The van der Waals surface area contributed by atoms with Gasteiger partial charge in [0.25, 0.3) is 0 Å². The molecule has 2 nitrogen and oxygen atoms in total. The fourth-order valence-corrected chi connectivity index (χ4v) is 2.10. The standard InChI is InChI=1S/C11H19NOS/c1-3-4-5-6-7-11(13)10-8-14-9(2)12-10/h8,11,13H,3-7H2,1-2H3/t11-/m0/s1. The van der Waals surface area contributed by atoms with E-state index in [4.69, 9.17) is 0 Å². The smallest absolute Gasteiger partial charge is 0.0968 e. The number of unbranched alkanes of at least 4 members (excludes halogenated alkanes) is 3. The Balaban J connectivity index is 2.25. The number of aromatic nitrogens is 1. The minimum absolute atomic E-state index is 0.350. The van der Waals surface area contributed by atoms with Gasteiger partial charge >= 0.3 is 0 Å². The third kappa shape index (κ3) is 3.76. The Hall–Kier alpha value is -0.410. The van der Waals surface area contributed by atoms with E-state index in [2.05, 4.69) is 11.9 Å². The second-order valence-electron chi connectivity index (χ2n) is 3.66. The van der Waals surface area contributed by atoms with Crippen molar-refractivity contribution in [2.45, 2.75) is 52.1 Å². The summed E-state index contributed by atoms with van der Waals surface area (Å²) >= 11 is 1.61. The summed E-state index contributed by atoms with van der Waals surface area (Å²) in [6.45, 7) is 4.16. The summed E-state index contributed by atoms with van der Waals surface area (Å²) in [5, 5.41) is 12.8. The van der Waals surface area contributed by atoms with Gasteiger partial charge in [0, 0.05) is 5.38 Å². The molecule has 80 valence electrons. The molecule has 14 heavy (non-hydrogen) atoms. The lowest BCUT2D eigenvalue weighted by Gasteiger charge is -2.06. The molecule has 3 heteroatoms. The first-order valence-corrected chi connectivity index (χ1v) is 6.22. The van der Waals surface area contributed by atoms with Crippen molar-refractivity contribution in [1.29, 1.82) is 0 Å². The average molecular weight is 213 g/mol. The van der Waals surface area contributed by atoms with Gasteiger partial charge in [-0.1, -0.05) is 32.6 Å². The highest BCUT2D eigenvalue weighted by atomic mass is 32.1. The van der Waals surface area contributed by atoms with E-state index in [0.29, 0.717) is 0 Å². The van der Waals surface area contributed by atoms with Gasteiger partial charge in [0.1, 0.15) is 0 Å². The van der Waals surface area contributed by atoms with Gasteiger partial charge in [0.05, 0.1) is 16.8 Å². The highest BCUT2D eigenvalue weighted by Crippen LogP contribution is 2.21. The van der Waals surface area contributed by atoms with E-state index in [1.54, 1.807) is 11.3 Å². The van der Waals surface area contributed by atoms with Gasteiger partial charge in [-0.25, -0.2) is 4.98 Å². The van der Waals surface area contributed by atoms with Crippen molar-refractivity contribution in [2.75, 3.05) is 0 Å². The number of nitrogens with zero attached hydrogens (tertiary/aromatic N) is 1. The summed E-state index contributed by atoms with van der Waals surface area (Å²) in [6.07, 6.45) is 5.33. The maximum Gasteiger partial charge on any atom is 0.0968 e. The van der Waals surface area contributed by atoms with Gasteiger partial charge in [-0.05, 0) is 13.3 Å². The highest BCUT2D eigenvalue weighted by Gasteiger charge is 2.09. The quantitative estimate of drug-likeness (QED) is 0.734. The Morgan fingerprint density at radius 3 is 2.79 bits per heavy atom. The maximum atomic E-state index is 9.78. The van der Waals surface area contributed by atoms with E-state index in [9.17, 15) is 5.11 Å². The van der Waals surface area contributed by atoms with Gasteiger partial charge in [0.2, 0.25) is 0 Å². The van der Waals surface area contributed by atoms with Gasteiger partial charge in [-0.15, -0.1) is 11.3 Å². The molecule has 0 fully saturated rings. The van der Waals surface area contributed by atoms with Crippen molar-refractivity contribution in [2.24, 2.45) is 0 Å². The Bertz CT molecular complexity index is 260. The van der Waals surface area contributed by atoms with Crippen molar-refractivity contribution < 1.29 is 5.11 Å². The minimum Gasteiger partial charge on any atom is -0.387 e. The first-order chi connectivity index (χ1) is 6.74. The number of hydrogen-bond donors (Lipinski definition) is 1. The highest BCUT2D eigenvalue weighted by molar-refractivity contribution is 7.09. The number of aryl methyl sites for hydroxylation is 1. The predicted octanol–water partition coefficient (Wildman–Crippen LogP) is 3.46. The molecule has 0 saturated heterocycles. The molecule has 1 atom stereocenters. The fourth-order valence-electron chi connectivity index (χ4n) is 1.45. The van der Waals surface area contributed by atoms with Gasteiger partial charge in [-0.2, -0.15) is 0 Å². The molecule has 0 spiro atoms. The van der Waals surface area contributed by atoms with Gasteiger partial charge < -0.3 is 5.11 Å². The van der Waals surface area contributed by atoms with Crippen LogP contribution in [0.1, 0.15) is 55.8 Å². The second-order valence-corrected chi connectivity index (χ2v) is 4.72. The molecule has 0 aliphatic heterocycles. The van der Waals surface area contributed by atoms with Crippen molar-refractivity contribution >= 4 is 11.3 Å². The number of hydrogen-bond acceptors (Lipinski definition) is 3. The predicted molar refractivity (Wildman–Crippen MR) is 60.6 cm³/mol. The summed E-state index contributed by atoms with van der Waals surface area (Å²) in [6, 6.07) is 0. The van der Waals surface area contributed by atoms with Crippen molar-refractivity contribution in [3.8, 4) is 0 Å². The van der Waals surface area contributed by atoms with E-state index < -0.39 is 0 Å². The molecule has 1 heterocycles. The van der Waals surface area contributed by atoms with Crippen LogP contribution in [0.3, 0.4) is 0 Å². The minimum atomic E-state index is -0.350. The van der Waals surface area contributed by atoms with E-state index in [0.717, 1.165) is 23.5 Å². The van der Waals surface area contributed by atoms with Crippen LogP contribution in [-0.2, 0) is 0 Å². The summed E-state index contributed by atoms with van der Waals surface area (Å²) in [5.74, 6) is 0. The Labute approximate surface area is 90.0 Å². The molecule has 0 bridgehead atoms. The van der Waals surface area contributed by atoms with Crippen LogP contribution in [0.15, 0.2) is 5.38 Å². The van der Waals surface area contributed by atoms with E-state index in [1.807, 2.05) is 12.3 Å². The molecule has 0 aliphatic rings. The molecule has 1 aromatic rings. The summed E-state index contributed by atoms with van der Waals surface area (Å²) in [7, 11) is 0. The van der Waals surface area contributed by atoms with Crippen molar-refractivity contribution in [3.05, 3.63) is 16.1 Å². The average Bonchev–Trinajstić information content (AvgIpc) is 2.59. The normalized spacial score (nSPS) is 13.1.